The van der Waals surface area contributed by atoms with Gasteiger partial charge < -0.3 is 9.52 Å². The number of furan rings is 1. The minimum atomic E-state index is -1.02. The topological polar surface area (TPSA) is 70.8 Å². The van der Waals surface area contributed by atoms with Crippen LogP contribution in [0.5, 0.6) is 0 Å². The number of anilines is 1. The van der Waals surface area contributed by atoms with E-state index in [1.165, 1.54) is 18.2 Å². The molecule has 1 unspecified atom stereocenters. The molecule has 0 spiro atoms. The normalized spacial score (nSPS) is 18.4. The molecule has 1 N–H and O–H groups in total. The lowest BCUT2D eigenvalue weighted by Gasteiger charge is -2.23. The minimum absolute atomic E-state index is 0.115. The summed E-state index contributed by atoms with van der Waals surface area (Å²) in [5.74, 6) is -1.74. The van der Waals surface area contributed by atoms with Crippen LogP contribution in [0.25, 0.3) is 5.76 Å². The second-order valence-corrected chi connectivity index (χ2v) is 7.52. The SMILES string of the molecule is Cc1ccc(C2/C(=C(/O)c3ccc(Br)cc3)C(=O)C(=O)N2c2cccc(F)c2)o1. The fourth-order valence-corrected chi connectivity index (χ4v) is 3.62. The Morgan fingerprint density at radius 1 is 1.10 bits per heavy atom. The molecule has 4 rings (SSSR count). The van der Waals surface area contributed by atoms with Gasteiger partial charge in [0.25, 0.3) is 11.7 Å². The number of carbonyl (C=O) groups excluding carboxylic acids is 2. The molecule has 1 aliphatic rings. The van der Waals surface area contributed by atoms with Crippen molar-refractivity contribution >= 4 is 39.1 Å². The predicted molar refractivity (Wildman–Crippen MR) is 109 cm³/mol. The van der Waals surface area contributed by atoms with Gasteiger partial charge in [0.1, 0.15) is 29.1 Å². The van der Waals surface area contributed by atoms with Crippen molar-refractivity contribution in [3.05, 3.63) is 93.6 Å². The van der Waals surface area contributed by atoms with E-state index < -0.39 is 23.5 Å². The Bertz CT molecular complexity index is 1150. The lowest BCUT2D eigenvalue weighted by molar-refractivity contribution is -0.132. The van der Waals surface area contributed by atoms with Crippen LogP contribution < -0.4 is 4.90 Å². The van der Waals surface area contributed by atoms with Crippen LogP contribution in [0.2, 0.25) is 0 Å². The van der Waals surface area contributed by atoms with Crippen molar-refractivity contribution in [2.24, 2.45) is 0 Å². The molecule has 146 valence electrons. The van der Waals surface area contributed by atoms with E-state index in [1.54, 1.807) is 43.3 Å². The first-order valence-corrected chi connectivity index (χ1v) is 9.55. The highest BCUT2D eigenvalue weighted by atomic mass is 79.9. The van der Waals surface area contributed by atoms with Gasteiger partial charge in [-0.1, -0.05) is 34.1 Å². The molecule has 5 nitrogen and oxygen atoms in total. The van der Waals surface area contributed by atoms with Crippen LogP contribution in [0.4, 0.5) is 10.1 Å². The number of aliphatic hydroxyl groups is 1. The maximum atomic E-state index is 13.8. The summed E-state index contributed by atoms with van der Waals surface area (Å²) in [6.07, 6.45) is 0. The monoisotopic (exact) mass is 455 g/mol. The third-order valence-electron chi connectivity index (χ3n) is 4.68. The van der Waals surface area contributed by atoms with Crippen LogP contribution in [0.3, 0.4) is 0 Å². The van der Waals surface area contributed by atoms with Gasteiger partial charge in [-0.05, 0) is 49.4 Å². The Labute approximate surface area is 174 Å². The zero-order valence-corrected chi connectivity index (χ0v) is 16.8. The maximum absolute atomic E-state index is 13.8. The lowest BCUT2D eigenvalue weighted by Crippen LogP contribution is -2.29. The number of Topliss-reactive ketones (excluding diaryl/α,β-unsaturated/α-hetero) is 1. The Morgan fingerprint density at radius 3 is 2.45 bits per heavy atom. The second kappa shape index (κ2) is 7.33. The van der Waals surface area contributed by atoms with E-state index in [2.05, 4.69) is 15.9 Å². The van der Waals surface area contributed by atoms with E-state index in [1.807, 2.05) is 0 Å². The van der Waals surface area contributed by atoms with Crippen LogP contribution in [0.1, 0.15) is 23.1 Å². The van der Waals surface area contributed by atoms with Gasteiger partial charge in [0, 0.05) is 15.7 Å². The molecule has 1 saturated heterocycles. The van der Waals surface area contributed by atoms with Crippen LogP contribution in [-0.4, -0.2) is 16.8 Å². The summed E-state index contributed by atoms with van der Waals surface area (Å²) in [7, 11) is 0. The average molecular weight is 456 g/mol. The van der Waals surface area contributed by atoms with E-state index in [-0.39, 0.29) is 17.0 Å². The van der Waals surface area contributed by atoms with E-state index in [9.17, 15) is 19.1 Å². The summed E-state index contributed by atoms with van der Waals surface area (Å²) in [5.41, 5.74) is 0.454. The number of amides is 1. The van der Waals surface area contributed by atoms with Crippen molar-refractivity contribution in [1.29, 1.82) is 0 Å². The zero-order valence-electron chi connectivity index (χ0n) is 15.2. The summed E-state index contributed by atoms with van der Waals surface area (Å²) in [6.45, 7) is 1.73. The quantitative estimate of drug-likeness (QED) is 0.338. The molecule has 3 aromatic rings. The van der Waals surface area contributed by atoms with Crippen molar-refractivity contribution in [3.8, 4) is 0 Å². The minimum Gasteiger partial charge on any atom is -0.507 e. The fraction of sp³-hybridized carbons (Fsp3) is 0.0909. The summed E-state index contributed by atoms with van der Waals surface area (Å²) < 4.78 is 20.3. The number of hydrogen-bond donors (Lipinski definition) is 1. The molecule has 0 aliphatic carbocycles. The number of rotatable bonds is 3. The smallest absolute Gasteiger partial charge is 0.300 e. The number of ketones is 1. The molecule has 2 heterocycles. The molecule has 1 fully saturated rings. The van der Waals surface area contributed by atoms with Crippen LogP contribution in [-0.2, 0) is 9.59 Å². The number of aliphatic hydroxyl groups excluding tert-OH is 1. The van der Waals surface area contributed by atoms with Crippen molar-refractivity contribution < 1.29 is 23.5 Å². The van der Waals surface area contributed by atoms with Crippen LogP contribution in [0.15, 0.2) is 75.1 Å². The third kappa shape index (κ3) is 3.38. The van der Waals surface area contributed by atoms with Crippen molar-refractivity contribution in [2.75, 3.05) is 4.90 Å². The molecule has 1 aliphatic heterocycles. The van der Waals surface area contributed by atoms with E-state index in [0.717, 1.165) is 15.4 Å². The molecule has 0 radical (unpaired) electrons. The number of carbonyl (C=O) groups is 2. The highest BCUT2D eigenvalue weighted by molar-refractivity contribution is 9.10. The summed E-state index contributed by atoms with van der Waals surface area (Å²) in [5, 5.41) is 10.9. The molecule has 2 aromatic carbocycles. The summed E-state index contributed by atoms with van der Waals surface area (Å²) in [4.78, 5) is 26.9. The number of hydrogen-bond acceptors (Lipinski definition) is 4. The first-order valence-electron chi connectivity index (χ1n) is 8.75. The first-order chi connectivity index (χ1) is 13.9. The highest BCUT2D eigenvalue weighted by Gasteiger charge is 2.48. The number of benzene rings is 2. The molecule has 0 bridgehead atoms. The fourth-order valence-electron chi connectivity index (χ4n) is 3.36. The van der Waals surface area contributed by atoms with Gasteiger partial charge in [0.15, 0.2) is 0 Å². The molecular formula is C22H15BrFNO4. The standard InChI is InChI=1S/C22H15BrFNO4/c1-12-5-10-17(29-12)19-18(20(26)13-6-8-14(23)9-7-13)21(27)22(28)25(19)16-4-2-3-15(24)11-16/h2-11,19,26H,1H3/b20-18-. The number of halogens is 2. The number of aryl methyl sites for hydroxylation is 1. The lowest BCUT2D eigenvalue weighted by atomic mass is 9.99. The highest BCUT2D eigenvalue weighted by Crippen LogP contribution is 2.42. The largest absolute Gasteiger partial charge is 0.507 e. The average Bonchev–Trinajstić information content (AvgIpc) is 3.23. The van der Waals surface area contributed by atoms with Crippen molar-refractivity contribution in [1.82, 2.24) is 0 Å². The van der Waals surface area contributed by atoms with Gasteiger partial charge in [0.05, 0.1) is 5.57 Å². The van der Waals surface area contributed by atoms with Gasteiger partial charge in [-0.3, -0.25) is 14.5 Å². The van der Waals surface area contributed by atoms with Crippen molar-refractivity contribution in [3.63, 3.8) is 0 Å². The van der Waals surface area contributed by atoms with E-state index in [0.29, 0.717) is 17.1 Å². The number of nitrogens with zero attached hydrogens (tertiary/aromatic N) is 1. The molecule has 29 heavy (non-hydrogen) atoms. The van der Waals surface area contributed by atoms with Gasteiger partial charge in [-0.15, -0.1) is 0 Å². The molecule has 1 aromatic heterocycles. The summed E-state index contributed by atoms with van der Waals surface area (Å²) >= 11 is 3.32. The third-order valence-corrected chi connectivity index (χ3v) is 5.21. The molecular weight excluding hydrogens is 441 g/mol. The Balaban J connectivity index is 1.94. The second-order valence-electron chi connectivity index (χ2n) is 6.60. The molecule has 1 atom stereocenters. The van der Waals surface area contributed by atoms with E-state index >= 15 is 0 Å². The molecule has 1 amide bonds. The Hall–Kier alpha value is -3.19. The van der Waals surface area contributed by atoms with Gasteiger partial charge in [0.2, 0.25) is 0 Å². The summed E-state index contributed by atoms with van der Waals surface area (Å²) in [6, 6.07) is 14.4. The van der Waals surface area contributed by atoms with Crippen LogP contribution in [0, 0.1) is 12.7 Å². The van der Waals surface area contributed by atoms with Gasteiger partial charge in [-0.2, -0.15) is 0 Å². The van der Waals surface area contributed by atoms with Gasteiger partial charge >= 0.3 is 0 Å². The maximum Gasteiger partial charge on any atom is 0.300 e. The first kappa shape index (κ1) is 19.1. The Kier molecular flexibility index (Phi) is 4.84. The van der Waals surface area contributed by atoms with Crippen molar-refractivity contribution in [2.45, 2.75) is 13.0 Å². The van der Waals surface area contributed by atoms with Gasteiger partial charge in [-0.25, -0.2) is 4.39 Å². The Morgan fingerprint density at radius 2 is 1.83 bits per heavy atom. The molecule has 0 saturated carbocycles. The van der Waals surface area contributed by atoms with E-state index in [4.69, 9.17) is 4.42 Å². The van der Waals surface area contributed by atoms with Crippen LogP contribution >= 0.6 is 15.9 Å². The zero-order chi connectivity index (χ0) is 20.7. The predicted octanol–water partition coefficient (Wildman–Crippen LogP) is 5.12. The molecule has 7 heteroatoms.